The first-order valence-electron chi connectivity index (χ1n) is 5.95. The van der Waals surface area contributed by atoms with Crippen molar-refractivity contribution in [1.29, 1.82) is 0 Å². The van der Waals surface area contributed by atoms with Gasteiger partial charge in [-0.05, 0) is 67.1 Å². The van der Waals surface area contributed by atoms with Gasteiger partial charge in [-0.1, -0.05) is 0 Å². The molecule has 0 radical (unpaired) electrons. The minimum absolute atomic E-state index is 0.169. The maximum absolute atomic E-state index is 11.9. The lowest BCUT2D eigenvalue weighted by Gasteiger charge is -2.23. The topological polar surface area (TPSA) is 62.4 Å². The van der Waals surface area contributed by atoms with E-state index in [1.165, 1.54) is 0 Å². The smallest absolute Gasteiger partial charge is 0.269 e. The highest BCUT2D eigenvalue weighted by Gasteiger charge is 2.12. The van der Waals surface area contributed by atoms with E-state index in [-0.39, 0.29) is 11.4 Å². The normalized spacial score (nSPS) is 10.7. The van der Waals surface area contributed by atoms with Crippen LogP contribution in [0.1, 0.15) is 31.1 Å². The zero-order valence-corrected chi connectivity index (χ0v) is 14.2. The Balaban J connectivity index is 2.59. The Morgan fingerprint density at radius 3 is 2.45 bits per heavy atom. The van der Waals surface area contributed by atoms with Crippen molar-refractivity contribution in [2.24, 2.45) is 0 Å². The number of ether oxygens (including phenoxy) is 1. The summed E-state index contributed by atoms with van der Waals surface area (Å²) in [5.41, 5.74) is 5.51. The molecule has 0 saturated heterocycles. The van der Waals surface area contributed by atoms with Gasteiger partial charge < -0.3 is 10.1 Å². The summed E-state index contributed by atoms with van der Waals surface area (Å²) in [6, 6.07) is 5.06. The number of benzene rings is 1. The van der Waals surface area contributed by atoms with Crippen LogP contribution in [0.3, 0.4) is 0 Å². The number of methoxy groups -OCH3 is 1. The van der Waals surface area contributed by atoms with Crippen LogP contribution in [-0.2, 0) is 0 Å². The van der Waals surface area contributed by atoms with Gasteiger partial charge in [-0.2, -0.15) is 0 Å². The summed E-state index contributed by atoms with van der Waals surface area (Å²) >= 11 is 8.40. The van der Waals surface area contributed by atoms with Crippen LogP contribution in [0.4, 0.5) is 0 Å². The van der Waals surface area contributed by atoms with Gasteiger partial charge in [0.15, 0.2) is 5.11 Å². The summed E-state index contributed by atoms with van der Waals surface area (Å²) in [5.74, 6) is 0.380. The second-order valence-electron chi connectivity index (χ2n) is 5.13. The number of carbonyl (C=O) groups is 1. The maximum atomic E-state index is 11.9. The summed E-state index contributed by atoms with van der Waals surface area (Å²) in [6.07, 6.45) is 0. The molecule has 1 amide bonds. The lowest BCUT2D eigenvalue weighted by atomic mass is 10.1. The molecule has 0 unspecified atom stereocenters. The number of thiocarbonyl (C=S) groups is 1. The molecule has 0 heterocycles. The van der Waals surface area contributed by atoms with Gasteiger partial charge in [0.2, 0.25) is 0 Å². The minimum atomic E-state index is -0.286. The van der Waals surface area contributed by atoms with Crippen LogP contribution in [0.5, 0.6) is 5.75 Å². The molecule has 0 aliphatic rings. The van der Waals surface area contributed by atoms with E-state index in [4.69, 9.17) is 17.0 Å². The zero-order chi connectivity index (χ0) is 15.3. The second kappa shape index (κ2) is 6.90. The number of amides is 1. The molecule has 0 spiro atoms. The van der Waals surface area contributed by atoms with Crippen LogP contribution in [0.15, 0.2) is 22.7 Å². The molecule has 1 aromatic carbocycles. The summed E-state index contributed by atoms with van der Waals surface area (Å²) in [7, 11) is 1.57. The number of carbonyl (C=O) groups excluding carboxylic acids is 1. The molecule has 1 rings (SSSR count). The number of halogens is 1. The first-order valence-corrected chi connectivity index (χ1v) is 7.15. The highest BCUT2D eigenvalue weighted by molar-refractivity contribution is 9.10. The summed E-state index contributed by atoms with van der Waals surface area (Å²) < 4.78 is 5.82. The van der Waals surface area contributed by atoms with Crippen molar-refractivity contribution in [3.63, 3.8) is 0 Å². The summed E-state index contributed by atoms with van der Waals surface area (Å²) in [5, 5.41) is 3.39. The first kappa shape index (κ1) is 16.7. The molecular formula is C13H18BrN3O2S. The van der Waals surface area contributed by atoms with Gasteiger partial charge in [-0.3, -0.25) is 15.6 Å². The van der Waals surface area contributed by atoms with E-state index in [0.29, 0.717) is 20.9 Å². The number of hydrogen-bond acceptors (Lipinski definition) is 3. The fourth-order valence-corrected chi connectivity index (χ4v) is 2.26. The molecule has 1 aromatic rings. The largest absolute Gasteiger partial charge is 0.496 e. The van der Waals surface area contributed by atoms with Crippen molar-refractivity contribution >= 4 is 39.2 Å². The van der Waals surface area contributed by atoms with Gasteiger partial charge in [0.1, 0.15) is 5.75 Å². The molecule has 0 fully saturated rings. The lowest BCUT2D eigenvalue weighted by molar-refractivity contribution is 0.0943. The van der Waals surface area contributed by atoms with Crippen LogP contribution in [0.25, 0.3) is 0 Å². The molecule has 0 aliphatic heterocycles. The lowest BCUT2D eigenvalue weighted by Crippen LogP contribution is -2.52. The quantitative estimate of drug-likeness (QED) is 0.558. The monoisotopic (exact) mass is 359 g/mol. The van der Waals surface area contributed by atoms with Gasteiger partial charge in [-0.15, -0.1) is 0 Å². The standard InChI is InChI=1S/C13H18BrN3O2S/c1-13(2,3)15-12(20)17-16-11(18)8-5-6-10(19-4)9(14)7-8/h5-7H,1-4H3,(H,16,18)(H2,15,17,20). The highest BCUT2D eigenvalue weighted by atomic mass is 79.9. The van der Waals surface area contributed by atoms with Crippen molar-refractivity contribution in [2.45, 2.75) is 26.3 Å². The van der Waals surface area contributed by atoms with Crippen molar-refractivity contribution in [3.05, 3.63) is 28.2 Å². The number of rotatable bonds is 2. The predicted molar refractivity (Wildman–Crippen MR) is 86.8 cm³/mol. The highest BCUT2D eigenvalue weighted by Crippen LogP contribution is 2.25. The van der Waals surface area contributed by atoms with Crippen molar-refractivity contribution in [1.82, 2.24) is 16.2 Å². The Hall–Kier alpha value is -1.34. The van der Waals surface area contributed by atoms with Gasteiger partial charge >= 0.3 is 0 Å². The fraction of sp³-hybridized carbons (Fsp3) is 0.385. The van der Waals surface area contributed by atoms with Crippen LogP contribution in [0, 0.1) is 0 Å². The molecule has 5 nitrogen and oxygen atoms in total. The van der Waals surface area contributed by atoms with Crippen LogP contribution in [0.2, 0.25) is 0 Å². The van der Waals surface area contributed by atoms with Crippen LogP contribution < -0.4 is 20.9 Å². The Kier molecular flexibility index (Phi) is 5.76. The third kappa shape index (κ3) is 5.34. The average Bonchev–Trinajstić information content (AvgIpc) is 2.33. The molecule has 110 valence electrons. The van der Waals surface area contributed by atoms with Crippen LogP contribution >= 0.6 is 28.1 Å². The molecule has 7 heteroatoms. The molecule has 3 N–H and O–H groups in total. The van der Waals surface area contributed by atoms with E-state index >= 15 is 0 Å². The molecule has 0 aliphatic carbocycles. The second-order valence-corrected chi connectivity index (χ2v) is 6.40. The summed E-state index contributed by atoms with van der Waals surface area (Å²) in [4.78, 5) is 11.9. The van der Waals surface area contributed by atoms with Crippen molar-refractivity contribution in [2.75, 3.05) is 7.11 Å². The summed E-state index contributed by atoms with van der Waals surface area (Å²) in [6.45, 7) is 5.93. The average molecular weight is 360 g/mol. The minimum Gasteiger partial charge on any atom is -0.496 e. The van der Waals surface area contributed by atoms with Crippen molar-refractivity contribution < 1.29 is 9.53 Å². The predicted octanol–water partition coefficient (Wildman–Crippen LogP) is 2.37. The molecule has 0 atom stereocenters. The molecule has 20 heavy (non-hydrogen) atoms. The fourth-order valence-electron chi connectivity index (χ4n) is 1.37. The van der Waals surface area contributed by atoms with E-state index in [1.807, 2.05) is 20.8 Å². The number of hydrazine groups is 1. The SMILES string of the molecule is COc1ccc(C(=O)NNC(=S)NC(C)(C)C)cc1Br. The first-order chi connectivity index (χ1) is 9.23. The van der Waals surface area contributed by atoms with E-state index in [2.05, 4.69) is 32.1 Å². The van der Waals surface area contributed by atoms with Crippen molar-refractivity contribution in [3.8, 4) is 5.75 Å². The maximum Gasteiger partial charge on any atom is 0.269 e. The third-order valence-corrected chi connectivity index (χ3v) is 3.02. The van der Waals surface area contributed by atoms with Gasteiger partial charge in [-0.25, -0.2) is 0 Å². The van der Waals surface area contributed by atoms with Gasteiger partial charge in [0.25, 0.3) is 5.91 Å². The Morgan fingerprint density at radius 2 is 1.95 bits per heavy atom. The Labute approximate surface area is 132 Å². The van der Waals surface area contributed by atoms with Crippen LogP contribution in [-0.4, -0.2) is 23.7 Å². The Bertz CT molecular complexity index is 515. The molecule has 0 saturated carbocycles. The molecule has 0 bridgehead atoms. The Morgan fingerprint density at radius 1 is 1.30 bits per heavy atom. The van der Waals surface area contributed by atoms with E-state index in [1.54, 1.807) is 25.3 Å². The van der Waals surface area contributed by atoms with Gasteiger partial charge in [0, 0.05) is 11.1 Å². The zero-order valence-electron chi connectivity index (χ0n) is 11.8. The number of hydrogen-bond donors (Lipinski definition) is 3. The van der Waals surface area contributed by atoms with E-state index in [0.717, 1.165) is 0 Å². The van der Waals surface area contributed by atoms with E-state index < -0.39 is 0 Å². The number of nitrogens with one attached hydrogen (secondary N) is 3. The third-order valence-electron chi connectivity index (χ3n) is 2.19. The van der Waals surface area contributed by atoms with E-state index in [9.17, 15) is 4.79 Å². The molecular weight excluding hydrogens is 342 g/mol. The van der Waals surface area contributed by atoms with Gasteiger partial charge in [0.05, 0.1) is 11.6 Å². The molecule has 0 aromatic heterocycles.